The summed E-state index contributed by atoms with van der Waals surface area (Å²) in [6.07, 6.45) is 0.922. The first kappa shape index (κ1) is 14.3. The zero-order chi connectivity index (χ0) is 13.8. The van der Waals surface area contributed by atoms with Crippen LogP contribution in [-0.2, 0) is 18.8 Å². The van der Waals surface area contributed by atoms with Crippen molar-refractivity contribution in [3.63, 3.8) is 0 Å². The summed E-state index contributed by atoms with van der Waals surface area (Å²) in [5, 5.41) is 0. The van der Waals surface area contributed by atoms with Crippen molar-refractivity contribution >= 4 is 28.8 Å². The SMILES string of the molecule is CCc1cc(CCl)cc(N(C)Cc2scnc2C)n1. The average molecular weight is 296 g/mol. The molecule has 102 valence electrons. The number of hydrogen-bond donors (Lipinski definition) is 0. The fraction of sp³-hybridized carbons (Fsp3) is 0.429. The summed E-state index contributed by atoms with van der Waals surface area (Å²) < 4.78 is 0. The molecule has 0 saturated heterocycles. The van der Waals surface area contributed by atoms with Crippen molar-refractivity contribution in [1.29, 1.82) is 0 Å². The molecule has 0 unspecified atom stereocenters. The van der Waals surface area contributed by atoms with Crippen LogP contribution in [0, 0.1) is 6.92 Å². The topological polar surface area (TPSA) is 29.0 Å². The van der Waals surface area contributed by atoms with E-state index in [4.69, 9.17) is 11.6 Å². The maximum Gasteiger partial charge on any atom is 0.129 e. The van der Waals surface area contributed by atoms with Crippen molar-refractivity contribution < 1.29 is 0 Å². The molecule has 0 atom stereocenters. The minimum absolute atomic E-state index is 0.524. The van der Waals surface area contributed by atoms with Crippen LogP contribution in [0.1, 0.15) is 28.8 Å². The number of alkyl halides is 1. The second-order valence-corrected chi connectivity index (χ2v) is 5.74. The number of nitrogens with zero attached hydrogens (tertiary/aromatic N) is 3. The third kappa shape index (κ3) is 3.45. The summed E-state index contributed by atoms with van der Waals surface area (Å²) >= 11 is 7.63. The first-order valence-corrected chi connectivity index (χ1v) is 7.71. The maximum atomic E-state index is 5.95. The highest BCUT2D eigenvalue weighted by Gasteiger charge is 2.09. The molecule has 3 nitrogen and oxygen atoms in total. The summed E-state index contributed by atoms with van der Waals surface area (Å²) in [5.41, 5.74) is 5.19. The minimum Gasteiger partial charge on any atom is -0.354 e. The van der Waals surface area contributed by atoms with E-state index in [0.717, 1.165) is 35.7 Å². The van der Waals surface area contributed by atoms with E-state index in [1.807, 2.05) is 12.4 Å². The molecule has 0 saturated carbocycles. The first-order valence-electron chi connectivity index (χ1n) is 6.30. The molecular formula is C14H18ClN3S. The Kier molecular flexibility index (Phi) is 4.77. The van der Waals surface area contributed by atoms with Gasteiger partial charge in [-0.3, -0.25) is 0 Å². The molecular weight excluding hydrogens is 278 g/mol. The highest BCUT2D eigenvalue weighted by atomic mass is 35.5. The number of hydrogen-bond acceptors (Lipinski definition) is 4. The van der Waals surface area contributed by atoms with Crippen molar-refractivity contribution in [2.75, 3.05) is 11.9 Å². The van der Waals surface area contributed by atoms with Crippen molar-refractivity contribution in [2.24, 2.45) is 0 Å². The van der Waals surface area contributed by atoms with Gasteiger partial charge in [0.05, 0.1) is 17.7 Å². The maximum absolute atomic E-state index is 5.95. The van der Waals surface area contributed by atoms with Gasteiger partial charge in [0, 0.05) is 23.5 Å². The van der Waals surface area contributed by atoms with E-state index >= 15 is 0 Å². The Labute approximate surface area is 123 Å². The molecule has 2 aromatic rings. The van der Waals surface area contributed by atoms with Crippen LogP contribution < -0.4 is 4.90 Å². The van der Waals surface area contributed by atoms with E-state index in [2.05, 4.69) is 41.0 Å². The zero-order valence-electron chi connectivity index (χ0n) is 11.5. The molecule has 0 bridgehead atoms. The lowest BCUT2D eigenvalue weighted by Crippen LogP contribution is -2.18. The quantitative estimate of drug-likeness (QED) is 0.786. The molecule has 0 fully saturated rings. The van der Waals surface area contributed by atoms with Crippen molar-refractivity contribution in [2.45, 2.75) is 32.7 Å². The highest BCUT2D eigenvalue weighted by molar-refractivity contribution is 7.09. The first-order chi connectivity index (χ1) is 9.13. The second-order valence-electron chi connectivity index (χ2n) is 4.53. The molecule has 0 aromatic carbocycles. The van der Waals surface area contributed by atoms with E-state index in [9.17, 15) is 0 Å². The third-order valence-electron chi connectivity index (χ3n) is 3.06. The van der Waals surface area contributed by atoms with E-state index < -0.39 is 0 Å². The van der Waals surface area contributed by atoms with Crippen LogP contribution >= 0.6 is 22.9 Å². The summed E-state index contributed by atoms with van der Waals surface area (Å²) in [6.45, 7) is 4.98. The van der Waals surface area contributed by atoms with Gasteiger partial charge in [-0.1, -0.05) is 6.92 Å². The molecule has 0 radical (unpaired) electrons. The Hall–Kier alpha value is -1.13. The molecule has 0 amide bonds. The van der Waals surface area contributed by atoms with Crippen LogP contribution in [0.15, 0.2) is 17.6 Å². The average Bonchev–Trinajstić information content (AvgIpc) is 2.83. The molecule has 0 spiro atoms. The van der Waals surface area contributed by atoms with Crippen LogP contribution in [0.5, 0.6) is 0 Å². The van der Waals surface area contributed by atoms with Crippen LogP contribution in [0.25, 0.3) is 0 Å². The number of thiazole rings is 1. The molecule has 0 N–H and O–H groups in total. The summed E-state index contributed by atoms with van der Waals surface area (Å²) in [7, 11) is 2.05. The van der Waals surface area contributed by atoms with Crippen LogP contribution in [0.4, 0.5) is 5.82 Å². The van der Waals surface area contributed by atoms with Gasteiger partial charge >= 0.3 is 0 Å². The van der Waals surface area contributed by atoms with Crippen molar-refractivity contribution in [1.82, 2.24) is 9.97 Å². The Morgan fingerprint density at radius 2 is 2.16 bits per heavy atom. The van der Waals surface area contributed by atoms with Crippen molar-refractivity contribution in [3.8, 4) is 0 Å². The van der Waals surface area contributed by atoms with Gasteiger partial charge in [-0.2, -0.15) is 0 Å². The molecule has 5 heteroatoms. The molecule has 2 rings (SSSR count). The number of pyridine rings is 1. The van der Waals surface area contributed by atoms with E-state index in [0.29, 0.717) is 5.88 Å². The minimum atomic E-state index is 0.524. The van der Waals surface area contributed by atoms with Gasteiger partial charge in [-0.05, 0) is 31.0 Å². The predicted molar refractivity (Wildman–Crippen MR) is 82.1 cm³/mol. The van der Waals surface area contributed by atoms with Crippen LogP contribution in [0.3, 0.4) is 0 Å². The molecule has 0 aliphatic rings. The van der Waals surface area contributed by atoms with Gasteiger partial charge in [0.15, 0.2) is 0 Å². The van der Waals surface area contributed by atoms with Gasteiger partial charge < -0.3 is 4.90 Å². The highest BCUT2D eigenvalue weighted by Crippen LogP contribution is 2.20. The monoisotopic (exact) mass is 295 g/mol. The molecule has 19 heavy (non-hydrogen) atoms. The Morgan fingerprint density at radius 1 is 1.37 bits per heavy atom. The van der Waals surface area contributed by atoms with Gasteiger partial charge in [0.1, 0.15) is 5.82 Å². The Morgan fingerprint density at radius 3 is 2.74 bits per heavy atom. The number of aryl methyl sites for hydroxylation is 2. The summed E-state index contributed by atoms with van der Waals surface area (Å²) in [6, 6.07) is 4.13. The normalized spacial score (nSPS) is 10.7. The fourth-order valence-corrected chi connectivity index (χ4v) is 2.85. The smallest absolute Gasteiger partial charge is 0.129 e. The number of halogens is 1. The second kappa shape index (κ2) is 6.35. The summed E-state index contributed by atoms with van der Waals surface area (Å²) in [4.78, 5) is 12.4. The predicted octanol–water partition coefficient (Wildman–Crippen LogP) is 3.78. The third-order valence-corrected chi connectivity index (χ3v) is 4.29. The number of rotatable bonds is 5. The van der Waals surface area contributed by atoms with Crippen LogP contribution in [-0.4, -0.2) is 17.0 Å². The van der Waals surface area contributed by atoms with Gasteiger partial charge in [0.2, 0.25) is 0 Å². The fourth-order valence-electron chi connectivity index (χ4n) is 1.86. The van der Waals surface area contributed by atoms with Crippen molar-refractivity contribution in [3.05, 3.63) is 39.5 Å². The molecule has 2 heterocycles. The van der Waals surface area contributed by atoms with E-state index in [1.54, 1.807) is 11.3 Å². The van der Waals surface area contributed by atoms with Crippen LogP contribution in [0.2, 0.25) is 0 Å². The molecule has 0 aliphatic carbocycles. The largest absolute Gasteiger partial charge is 0.354 e. The molecule has 0 aliphatic heterocycles. The van der Waals surface area contributed by atoms with E-state index in [1.165, 1.54) is 4.88 Å². The van der Waals surface area contributed by atoms with Gasteiger partial charge in [0.25, 0.3) is 0 Å². The Balaban J connectivity index is 2.23. The Bertz CT molecular complexity index is 531. The number of aromatic nitrogens is 2. The van der Waals surface area contributed by atoms with E-state index in [-0.39, 0.29) is 0 Å². The standard InChI is InChI=1S/C14H18ClN3S/c1-4-12-5-11(7-15)6-14(17-12)18(3)8-13-10(2)16-9-19-13/h5-6,9H,4,7-8H2,1-3H3. The number of anilines is 1. The lowest BCUT2D eigenvalue weighted by Gasteiger charge is -2.19. The van der Waals surface area contributed by atoms with Gasteiger partial charge in [-0.25, -0.2) is 9.97 Å². The molecule has 2 aromatic heterocycles. The zero-order valence-corrected chi connectivity index (χ0v) is 13.1. The lowest BCUT2D eigenvalue weighted by molar-refractivity contribution is 0.883. The van der Waals surface area contributed by atoms with Gasteiger partial charge in [-0.15, -0.1) is 22.9 Å². The lowest BCUT2D eigenvalue weighted by atomic mass is 10.2. The summed E-state index contributed by atoms with van der Waals surface area (Å²) in [5.74, 6) is 1.50.